The van der Waals surface area contributed by atoms with Crippen LogP contribution in [0.5, 0.6) is 5.75 Å². The average molecular weight is 500 g/mol. The molecule has 0 unspecified atom stereocenters. The standard InChI is InChI=1S/C27H35F2N5O2/c1-4-18-15-30-26(31-16-18)34-9-7-19(8-10-34)6-5-11-36-20-12-21(28)25(22(29)13-20)23-14-24(33-32-23)27(2,3)17-35/h12-16,19,35H,4-11,17H2,1-3H3,(H,32,33). The highest BCUT2D eigenvalue weighted by Gasteiger charge is 2.25. The lowest BCUT2D eigenvalue weighted by Gasteiger charge is -2.32. The predicted octanol–water partition coefficient (Wildman–Crippen LogP) is 5.05. The lowest BCUT2D eigenvalue weighted by molar-refractivity contribution is 0.215. The molecule has 194 valence electrons. The highest BCUT2D eigenvalue weighted by atomic mass is 19.1. The van der Waals surface area contributed by atoms with Crippen molar-refractivity contribution in [2.75, 3.05) is 31.2 Å². The molecular weight excluding hydrogens is 464 g/mol. The Kier molecular flexibility index (Phi) is 8.18. The first-order valence-corrected chi connectivity index (χ1v) is 12.7. The van der Waals surface area contributed by atoms with E-state index < -0.39 is 17.0 Å². The number of aromatic nitrogens is 4. The summed E-state index contributed by atoms with van der Waals surface area (Å²) < 4.78 is 35.2. The first-order valence-electron chi connectivity index (χ1n) is 12.7. The smallest absolute Gasteiger partial charge is 0.225 e. The van der Waals surface area contributed by atoms with Crippen molar-refractivity contribution in [2.24, 2.45) is 5.92 Å². The molecule has 36 heavy (non-hydrogen) atoms. The summed E-state index contributed by atoms with van der Waals surface area (Å²) in [4.78, 5) is 11.2. The first-order chi connectivity index (χ1) is 17.3. The minimum absolute atomic E-state index is 0.118. The topological polar surface area (TPSA) is 87.2 Å². The minimum Gasteiger partial charge on any atom is -0.493 e. The number of hydrogen-bond acceptors (Lipinski definition) is 6. The van der Waals surface area contributed by atoms with Crippen LogP contribution in [-0.4, -0.2) is 51.6 Å². The van der Waals surface area contributed by atoms with E-state index >= 15 is 0 Å². The van der Waals surface area contributed by atoms with Gasteiger partial charge >= 0.3 is 0 Å². The van der Waals surface area contributed by atoms with Crippen LogP contribution in [0.25, 0.3) is 11.3 Å². The van der Waals surface area contributed by atoms with E-state index in [0.717, 1.165) is 56.7 Å². The maximum atomic E-state index is 14.8. The van der Waals surface area contributed by atoms with Gasteiger partial charge in [-0.2, -0.15) is 5.10 Å². The second-order valence-electron chi connectivity index (χ2n) is 10.1. The van der Waals surface area contributed by atoms with E-state index in [1.165, 1.54) is 12.1 Å². The van der Waals surface area contributed by atoms with E-state index in [9.17, 15) is 13.9 Å². The van der Waals surface area contributed by atoms with Crippen LogP contribution in [0.3, 0.4) is 0 Å². The Labute approximate surface area is 210 Å². The quantitative estimate of drug-likeness (QED) is 0.380. The maximum Gasteiger partial charge on any atom is 0.225 e. The number of nitrogens with zero attached hydrogens (tertiary/aromatic N) is 4. The van der Waals surface area contributed by atoms with Gasteiger partial charge in [0.25, 0.3) is 0 Å². The molecule has 0 amide bonds. The zero-order valence-corrected chi connectivity index (χ0v) is 21.2. The van der Waals surface area contributed by atoms with Crippen LogP contribution >= 0.6 is 0 Å². The van der Waals surface area contributed by atoms with Crippen LogP contribution in [0.15, 0.2) is 30.6 Å². The van der Waals surface area contributed by atoms with E-state index in [4.69, 9.17) is 4.74 Å². The molecule has 0 bridgehead atoms. The second kappa shape index (κ2) is 11.3. The number of anilines is 1. The Morgan fingerprint density at radius 1 is 1.11 bits per heavy atom. The van der Waals surface area contributed by atoms with Crippen LogP contribution in [0.2, 0.25) is 0 Å². The van der Waals surface area contributed by atoms with Crippen molar-refractivity contribution in [3.05, 3.63) is 53.5 Å². The summed E-state index contributed by atoms with van der Waals surface area (Å²) >= 11 is 0. The molecule has 2 aromatic heterocycles. The fourth-order valence-corrected chi connectivity index (χ4v) is 4.44. The molecule has 1 saturated heterocycles. The van der Waals surface area contributed by atoms with Crippen molar-refractivity contribution >= 4 is 5.95 Å². The fourth-order valence-electron chi connectivity index (χ4n) is 4.44. The molecule has 0 saturated carbocycles. The molecular formula is C27H35F2N5O2. The summed E-state index contributed by atoms with van der Waals surface area (Å²) in [5, 5.41) is 16.3. The number of aliphatic hydroxyl groups is 1. The summed E-state index contributed by atoms with van der Waals surface area (Å²) in [6, 6.07) is 3.97. The zero-order chi connectivity index (χ0) is 25.7. The highest BCUT2D eigenvalue weighted by Crippen LogP contribution is 2.32. The number of aliphatic hydroxyl groups excluding tert-OH is 1. The fraction of sp³-hybridized carbons (Fsp3) is 0.519. The van der Waals surface area contributed by atoms with Gasteiger partial charge in [0.05, 0.1) is 24.5 Å². The summed E-state index contributed by atoms with van der Waals surface area (Å²) in [6.45, 7) is 7.86. The molecule has 7 nitrogen and oxygen atoms in total. The monoisotopic (exact) mass is 499 g/mol. The molecule has 0 aliphatic carbocycles. The normalized spacial score (nSPS) is 14.9. The van der Waals surface area contributed by atoms with Crippen LogP contribution in [0.1, 0.15) is 57.7 Å². The molecule has 0 radical (unpaired) electrons. The Bertz CT molecular complexity index is 1120. The third-order valence-corrected chi connectivity index (χ3v) is 7.00. The molecule has 9 heteroatoms. The van der Waals surface area contributed by atoms with Crippen molar-refractivity contribution in [1.82, 2.24) is 20.2 Å². The maximum absolute atomic E-state index is 14.8. The number of aryl methyl sites for hydroxylation is 1. The second-order valence-corrected chi connectivity index (χ2v) is 10.1. The number of nitrogens with one attached hydrogen (secondary N) is 1. The number of ether oxygens (including phenoxy) is 1. The van der Waals surface area contributed by atoms with Crippen LogP contribution in [-0.2, 0) is 11.8 Å². The molecule has 1 fully saturated rings. The van der Waals surface area contributed by atoms with Gasteiger partial charge in [0.2, 0.25) is 5.95 Å². The summed E-state index contributed by atoms with van der Waals surface area (Å²) in [6.07, 6.45) is 8.68. The third-order valence-electron chi connectivity index (χ3n) is 7.00. The van der Waals surface area contributed by atoms with Gasteiger partial charge in [0.1, 0.15) is 17.4 Å². The van der Waals surface area contributed by atoms with Crippen molar-refractivity contribution < 1.29 is 18.6 Å². The lowest BCUT2D eigenvalue weighted by atomic mass is 9.90. The number of hydrogen-bond donors (Lipinski definition) is 2. The Morgan fingerprint density at radius 3 is 2.39 bits per heavy atom. The molecule has 4 rings (SSSR count). The van der Waals surface area contributed by atoms with Crippen molar-refractivity contribution in [3.63, 3.8) is 0 Å². The van der Waals surface area contributed by atoms with Gasteiger partial charge in [-0.05, 0) is 49.7 Å². The number of rotatable bonds is 10. The molecule has 0 spiro atoms. The van der Waals surface area contributed by atoms with Crippen LogP contribution in [0.4, 0.5) is 14.7 Å². The molecule has 3 heterocycles. The number of benzene rings is 1. The van der Waals surface area contributed by atoms with Gasteiger partial charge < -0.3 is 14.7 Å². The van der Waals surface area contributed by atoms with Gasteiger partial charge in [-0.3, -0.25) is 5.10 Å². The average Bonchev–Trinajstić information content (AvgIpc) is 3.37. The molecule has 1 aliphatic heterocycles. The first kappa shape index (κ1) is 26.0. The number of aromatic amines is 1. The molecule has 3 aromatic rings. The molecule has 1 aromatic carbocycles. The van der Waals surface area contributed by atoms with E-state index in [1.54, 1.807) is 6.07 Å². The minimum atomic E-state index is -0.730. The van der Waals surface area contributed by atoms with E-state index in [2.05, 4.69) is 32.0 Å². The Morgan fingerprint density at radius 2 is 1.78 bits per heavy atom. The summed E-state index contributed by atoms with van der Waals surface area (Å²) in [5.74, 6) is 0.0952. The van der Waals surface area contributed by atoms with Gasteiger partial charge in [0, 0.05) is 48.7 Å². The van der Waals surface area contributed by atoms with E-state index in [1.807, 2.05) is 26.2 Å². The number of H-pyrrole nitrogens is 1. The molecule has 1 aliphatic rings. The largest absolute Gasteiger partial charge is 0.493 e. The van der Waals surface area contributed by atoms with Gasteiger partial charge in [0.15, 0.2) is 0 Å². The Balaban J connectivity index is 1.25. The number of piperidine rings is 1. The summed E-state index contributed by atoms with van der Waals surface area (Å²) in [7, 11) is 0. The highest BCUT2D eigenvalue weighted by molar-refractivity contribution is 5.62. The lowest BCUT2D eigenvalue weighted by Crippen LogP contribution is -2.35. The number of halogens is 2. The Hall–Kier alpha value is -3.07. The van der Waals surface area contributed by atoms with Gasteiger partial charge in [-0.25, -0.2) is 18.7 Å². The third kappa shape index (κ3) is 6.00. The van der Waals surface area contributed by atoms with Gasteiger partial charge in [-0.1, -0.05) is 20.8 Å². The van der Waals surface area contributed by atoms with Crippen molar-refractivity contribution in [1.29, 1.82) is 0 Å². The van der Waals surface area contributed by atoms with Crippen molar-refractivity contribution in [2.45, 2.75) is 58.3 Å². The van der Waals surface area contributed by atoms with Crippen molar-refractivity contribution in [3.8, 4) is 17.0 Å². The van der Waals surface area contributed by atoms with Crippen LogP contribution in [0, 0.1) is 17.6 Å². The predicted molar refractivity (Wildman–Crippen MR) is 135 cm³/mol. The van der Waals surface area contributed by atoms with E-state index in [0.29, 0.717) is 18.2 Å². The molecule has 0 atom stereocenters. The SMILES string of the molecule is CCc1cnc(N2CCC(CCCOc3cc(F)c(-c4cc(C(C)(C)CO)[nH]n4)c(F)c3)CC2)nc1. The van der Waals surface area contributed by atoms with Crippen LogP contribution < -0.4 is 9.64 Å². The van der Waals surface area contributed by atoms with Gasteiger partial charge in [-0.15, -0.1) is 0 Å². The molecule has 2 N–H and O–H groups in total. The zero-order valence-electron chi connectivity index (χ0n) is 21.2. The summed E-state index contributed by atoms with van der Waals surface area (Å²) in [5.41, 5.74) is 1.10. The van der Waals surface area contributed by atoms with E-state index in [-0.39, 0.29) is 23.6 Å².